The minimum absolute atomic E-state index is 0. The Morgan fingerprint density at radius 3 is 1.67 bits per heavy atom. The van der Waals surface area contributed by atoms with E-state index in [0.29, 0.717) is 4.15 Å². The van der Waals surface area contributed by atoms with Gasteiger partial charge in [0.05, 0.1) is 20.6 Å². The van der Waals surface area contributed by atoms with Gasteiger partial charge in [-0.15, -0.1) is 0 Å². The van der Waals surface area contributed by atoms with Crippen LogP contribution in [-0.2, 0) is 13.3 Å². The number of nitrogens with zero attached hydrogens (tertiary/aromatic N) is 1. The minimum atomic E-state index is -2.54. The Labute approximate surface area is 101 Å². The summed E-state index contributed by atoms with van der Waals surface area (Å²) in [7, 11) is 6.62. The molecule has 0 heterocycles. The van der Waals surface area contributed by atoms with Crippen molar-refractivity contribution in [2.75, 3.05) is 42.0 Å². The van der Waals surface area contributed by atoms with E-state index in [2.05, 4.69) is 21.0 Å². The van der Waals surface area contributed by atoms with Gasteiger partial charge in [0, 0.05) is 21.3 Å². The lowest BCUT2D eigenvalue weighted by molar-refractivity contribution is -0.819. The summed E-state index contributed by atoms with van der Waals surface area (Å²) in [4.78, 5) is 0. The monoisotopic (exact) mass is 257 g/mol. The fourth-order valence-corrected chi connectivity index (χ4v) is 4.10. The number of hydrogen-bond acceptors (Lipinski definition) is 3. The van der Waals surface area contributed by atoms with Crippen LogP contribution in [0.2, 0.25) is 0 Å². The lowest BCUT2D eigenvalue weighted by Crippen LogP contribution is -3.00. The van der Waals surface area contributed by atoms with Gasteiger partial charge < -0.3 is 29.8 Å². The van der Waals surface area contributed by atoms with Gasteiger partial charge >= 0.3 is 8.97 Å². The standard InChI is InChI=1S/C9H24NO3Si.ClH/c1-7-8-9-10(2,3)14(11-4,12-5)13-6;/h7-9H2,1-6H3;1H/q+1;/p-1. The van der Waals surface area contributed by atoms with Crippen molar-refractivity contribution < 1.29 is 29.8 Å². The number of rotatable bonds is 7. The fraction of sp³-hybridized carbons (Fsp3) is 1.00. The molecule has 0 aromatic carbocycles. The Morgan fingerprint density at radius 2 is 1.40 bits per heavy atom. The van der Waals surface area contributed by atoms with Crippen molar-refractivity contribution in [2.45, 2.75) is 19.8 Å². The van der Waals surface area contributed by atoms with Gasteiger partial charge in [-0.1, -0.05) is 13.3 Å². The van der Waals surface area contributed by atoms with E-state index in [1.807, 2.05) is 0 Å². The molecule has 0 aliphatic carbocycles. The highest BCUT2D eigenvalue weighted by atomic mass is 35.5. The molecule has 0 radical (unpaired) electrons. The van der Waals surface area contributed by atoms with E-state index in [-0.39, 0.29) is 12.4 Å². The van der Waals surface area contributed by atoms with Gasteiger partial charge in [0.15, 0.2) is 0 Å². The highest BCUT2D eigenvalue weighted by molar-refractivity contribution is 6.52. The van der Waals surface area contributed by atoms with E-state index in [9.17, 15) is 0 Å². The summed E-state index contributed by atoms with van der Waals surface area (Å²) in [6.45, 7) is 3.19. The molecule has 0 rings (SSSR count). The lowest BCUT2D eigenvalue weighted by atomic mass is 10.3. The first kappa shape index (κ1) is 17.7. The van der Waals surface area contributed by atoms with Crippen molar-refractivity contribution in [3.8, 4) is 0 Å². The minimum Gasteiger partial charge on any atom is -1.00 e. The Hall–Kier alpha value is 0.347. The van der Waals surface area contributed by atoms with Crippen LogP contribution >= 0.6 is 0 Å². The average molecular weight is 258 g/mol. The SMILES string of the molecule is CCCC[N+](C)(C)[Si](OC)(OC)OC.[Cl-]. The van der Waals surface area contributed by atoms with Gasteiger partial charge in [0.25, 0.3) is 0 Å². The Bertz CT molecular complexity index is 157. The zero-order valence-electron chi connectivity index (χ0n) is 10.7. The summed E-state index contributed by atoms with van der Waals surface area (Å²) in [5.41, 5.74) is 0. The topological polar surface area (TPSA) is 27.7 Å². The molecular weight excluding hydrogens is 234 g/mol. The molecule has 0 amide bonds. The smallest absolute Gasteiger partial charge is 0.783 e. The van der Waals surface area contributed by atoms with Crippen LogP contribution in [0.15, 0.2) is 0 Å². The maximum Gasteiger partial charge on any atom is 0.783 e. The van der Waals surface area contributed by atoms with E-state index < -0.39 is 8.97 Å². The van der Waals surface area contributed by atoms with Gasteiger partial charge in [-0.3, -0.25) is 0 Å². The van der Waals surface area contributed by atoms with Gasteiger partial charge in [0.1, 0.15) is 0 Å². The molecule has 0 N–H and O–H groups in total. The molecule has 0 saturated carbocycles. The van der Waals surface area contributed by atoms with E-state index in [1.165, 1.54) is 6.42 Å². The Kier molecular flexibility index (Phi) is 8.98. The molecule has 0 saturated heterocycles. The molecule has 0 aromatic heterocycles. The Balaban J connectivity index is 0. The second-order valence-corrected chi connectivity index (χ2v) is 7.38. The van der Waals surface area contributed by atoms with Crippen LogP contribution in [0.3, 0.4) is 0 Å². The van der Waals surface area contributed by atoms with Crippen LogP contribution in [0.25, 0.3) is 0 Å². The summed E-state index contributed by atoms with van der Waals surface area (Å²) in [5.74, 6) is 0. The zero-order valence-corrected chi connectivity index (χ0v) is 12.4. The molecule has 94 valence electrons. The van der Waals surface area contributed by atoms with Gasteiger partial charge in [0.2, 0.25) is 0 Å². The van der Waals surface area contributed by atoms with Crippen molar-refractivity contribution in [1.29, 1.82) is 0 Å². The average Bonchev–Trinajstić information content (AvgIpc) is 2.18. The second-order valence-electron chi connectivity index (χ2n) is 3.90. The van der Waals surface area contributed by atoms with Crippen LogP contribution in [-0.4, -0.2) is 55.1 Å². The van der Waals surface area contributed by atoms with Crippen molar-refractivity contribution in [3.63, 3.8) is 0 Å². The third-order valence-corrected chi connectivity index (χ3v) is 5.84. The first-order valence-electron chi connectivity index (χ1n) is 4.98. The number of quaternary nitrogens is 1. The first-order valence-corrected chi connectivity index (χ1v) is 6.65. The number of hydrogen-bond donors (Lipinski definition) is 0. The van der Waals surface area contributed by atoms with Gasteiger partial charge in [-0.2, -0.15) is 0 Å². The van der Waals surface area contributed by atoms with E-state index in [4.69, 9.17) is 13.3 Å². The molecule has 0 aliphatic rings. The van der Waals surface area contributed by atoms with Crippen LogP contribution in [0.1, 0.15) is 19.8 Å². The third kappa shape index (κ3) is 4.01. The van der Waals surface area contributed by atoms with Crippen LogP contribution in [0.4, 0.5) is 0 Å². The van der Waals surface area contributed by atoms with E-state index in [0.717, 1.165) is 13.0 Å². The predicted molar refractivity (Wildman–Crippen MR) is 58.7 cm³/mol. The first-order chi connectivity index (χ1) is 6.49. The molecule has 0 fully saturated rings. The molecule has 15 heavy (non-hydrogen) atoms. The summed E-state index contributed by atoms with van der Waals surface area (Å²) in [5, 5.41) is 0. The summed E-state index contributed by atoms with van der Waals surface area (Å²) < 4.78 is 17.1. The highest BCUT2D eigenvalue weighted by Gasteiger charge is 2.59. The largest absolute Gasteiger partial charge is 1.00 e. The van der Waals surface area contributed by atoms with E-state index >= 15 is 0 Å². The van der Waals surface area contributed by atoms with Crippen molar-refractivity contribution in [2.24, 2.45) is 0 Å². The summed E-state index contributed by atoms with van der Waals surface area (Å²) in [6.07, 6.45) is 2.32. The quantitative estimate of drug-likeness (QED) is 0.506. The summed E-state index contributed by atoms with van der Waals surface area (Å²) >= 11 is 0. The fourth-order valence-electron chi connectivity index (χ4n) is 1.68. The van der Waals surface area contributed by atoms with Crippen LogP contribution < -0.4 is 12.4 Å². The number of unbranched alkanes of at least 4 members (excludes halogenated alkanes) is 1. The molecule has 0 spiro atoms. The molecule has 0 bridgehead atoms. The maximum atomic E-state index is 5.46. The van der Waals surface area contributed by atoms with Gasteiger partial charge in [-0.25, -0.2) is 0 Å². The normalized spacial score (nSPS) is 12.4. The Morgan fingerprint density at radius 1 is 1.00 bits per heavy atom. The summed E-state index contributed by atoms with van der Waals surface area (Å²) in [6, 6.07) is 0. The zero-order chi connectivity index (χ0) is 11.2. The van der Waals surface area contributed by atoms with Crippen LogP contribution in [0.5, 0.6) is 0 Å². The van der Waals surface area contributed by atoms with E-state index in [1.54, 1.807) is 21.3 Å². The van der Waals surface area contributed by atoms with Crippen molar-refractivity contribution in [1.82, 2.24) is 0 Å². The molecule has 0 unspecified atom stereocenters. The molecule has 4 nitrogen and oxygen atoms in total. The molecule has 0 aromatic rings. The molecular formula is C9H24ClNO3Si. The number of halogens is 1. The highest BCUT2D eigenvalue weighted by Crippen LogP contribution is 2.19. The predicted octanol–water partition coefficient (Wildman–Crippen LogP) is -1.76. The van der Waals surface area contributed by atoms with Crippen molar-refractivity contribution >= 4 is 8.97 Å². The van der Waals surface area contributed by atoms with Gasteiger partial charge in [-0.05, 0) is 6.42 Å². The molecule has 6 heteroatoms. The second kappa shape index (κ2) is 7.59. The molecule has 0 atom stereocenters. The maximum absolute atomic E-state index is 5.46. The molecule has 0 aliphatic heterocycles. The third-order valence-electron chi connectivity index (χ3n) is 2.59. The van der Waals surface area contributed by atoms with Crippen LogP contribution in [0, 0.1) is 0 Å². The lowest BCUT2D eigenvalue weighted by Gasteiger charge is -2.39. The van der Waals surface area contributed by atoms with Crippen molar-refractivity contribution in [3.05, 3.63) is 0 Å².